The highest BCUT2D eigenvalue weighted by Gasteiger charge is 2.40. The number of barbiturate groups is 1. The first kappa shape index (κ1) is 17.8. The Labute approximate surface area is 151 Å². The van der Waals surface area contributed by atoms with Gasteiger partial charge in [-0.15, -0.1) is 0 Å². The normalized spacial score (nSPS) is 18.2. The number of urea groups is 1. The van der Waals surface area contributed by atoms with Gasteiger partial charge in [-0.3, -0.25) is 19.9 Å². The summed E-state index contributed by atoms with van der Waals surface area (Å²) in [5.74, 6) is -2.36. The number of carbonyl (C=O) groups is 3. The van der Waals surface area contributed by atoms with Crippen molar-refractivity contribution in [2.75, 3.05) is 32.1 Å². The SMILES string of the molecule is CN(C)CCN=CC1C(=O)NC(=O)N(c2cccc3ccccc23)C1=O. The van der Waals surface area contributed by atoms with E-state index in [-0.39, 0.29) is 0 Å². The third-order valence-corrected chi connectivity index (χ3v) is 4.14. The molecular weight excluding hydrogens is 332 g/mol. The van der Waals surface area contributed by atoms with Gasteiger partial charge < -0.3 is 4.90 Å². The summed E-state index contributed by atoms with van der Waals surface area (Å²) in [7, 11) is 3.82. The lowest BCUT2D eigenvalue weighted by atomic mass is 10.0. The van der Waals surface area contributed by atoms with Gasteiger partial charge in [0.25, 0.3) is 5.91 Å². The van der Waals surface area contributed by atoms with Crippen LogP contribution in [0.1, 0.15) is 0 Å². The fourth-order valence-electron chi connectivity index (χ4n) is 2.79. The summed E-state index contributed by atoms with van der Waals surface area (Å²) in [6.07, 6.45) is 1.33. The maximum absolute atomic E-state index is 12.9. The Morgan fingerprint density at radius 3 is 2.62 bits per heavy atom. The Morgan fingerprint density at radius 1 is 1.12 bits per heavy atom. The highest BCUT2D eigenvalue weighted by Crippen LogP contribution is 2.29. The monoisotopic (exact) mass is 352 g/mol. The van der Waals surface area contributed by atoms with Crippen molar-refractivity contribution in [3.63, 3.8) is 0 Å². The van der Waals surface area contributed by atoms with E-state index in [0.29, 0.717) is 18.8 Å². The number of carbonyl (C=O) groups excluding carboxylic acids is 3. The van der Waals surface area contributed by atoms with Gasteiger partial charge in [-0.2, -0.15) is 0 Å². The molecule has 26 heavy (non-hydrogen) atoms. The molecule has 0 aromatic heterocycles. The molecule has 2 aromatic rings. The molecule has 1 aliphatic heterocycles. The molecule has 0 saturated carbocycles. The summed E-state index contributed by atoms with van der Waals surface area (Å²) in [6, 6.07) is 12.1. The first-order valence-electron chi connectivity index (χ1n) is 8.30. The molecular formula is C19H20N4O3. The van der Waals surface area contributed by atoms with Gasteiger partial charge in [-0.25, -0.2) is 9.69 Å². The van der Waals surface area contributed by atoms with E-state index in [0.717, 1.165) is 15.7 Å². The third-order valence-electron chi connectivity index (χ3n) is 4.14. The van der Waals surface area contributed by atoms with E-state index in [1.165, 1.54) is 6.21 Å². The van der Waals surface area contributed by atoms with Gasteiger partial charge in [-0.05, 0) is 25.5 Å². The second-order valence-corrected chi connectivity index (χ2v) is 6.30. The van der Waals surface area contributed by atoms with Crippen molar-refractivity contribution in [3.05, 3.63) is 42.5 Å². The van der Waals surface area contributed by atoms with Crippen LogP contribution in [0.5, 0.6) is 0 Å². The number of aliphatic imine (C=N–C) groups is 1. The number of anilines is 1. The molecule has 1 aliphatic rings. The maximum Gasteiger partial charge on any atom is 0.335 e. The van der Waals surface area contributed by atoms with Crippen LogP contribution in [0.25, 0.3) is 10.8 Å². The molecule has 0 bridgehead atoms. The fraction of sp³-hybridized carbons (Fsp3) is 0.263. The number of amides is 4. The van der Waals surface area contributed by atoms with Crippen LogP contribution in [0, 0.1) is 5.92 Å². The molecule has 2 aromatic carbocycles. The van der Waals surface area contributed by atoms with Gasteiger partial charge in [0.05, 0.1) is 12.2 Å². The van der Waals surface area contributed by atoms with Crippen LogP contribution in [-0.4, -0.2) is 56.1 Å². The molecule has 1 saturated heterocycles. The summed E-state index contributed by atoms with van der Waals surface area (Å²) in [6.45, 7) is 1.16. The van der Waals surface area contributed by atoms with Gasteiger partial charge in [-0.1, -0.05) is 36.4 Å². The molecule has 0 radical (unpaired) electrons. The zero-order chi connectivity index (χ0) is 18.7. The first-order chi connectivity index (χ1) is 12.5. The molecule has 0 spiro atoms. The van der Waals surface area contributed by atoms with Crippen molar-refractivity contribution >= 4 is 40.5 Å². The number of nitrogens with zero attached hydrogens (tertiary/aromatic N) is 3. The van der Waals surface area contributed by atoms with E-state index in [9.17, 15) is 14.4 Å². The van der Waals surface area contributed by atoms with E-state index >= 15 is 0 Å². The van der Waals surface area contributed by atoms with Crippen molar-refractivity contribution in [3.8, 4) is 0 Å². The minimum absolute atomic E-state index is 0.449. The predicted octanol–water partition coefficient (Wildman–Crippen LogP) is 1.67. The highest BCUT2D eigenvalue weighted by atomic mass is 16.2. The Balaban J connectivity index is 1.92. The van der Waals surface area contributed by atoms with E-state index in [1.54, 1.807) is 12.1 Å². The fourth-order valence-corrected chi connectivity index (χ4v) is 2.79. The Kier molecular flexibility index (Phi) is 5.09. The predicted molar refractivity (Wildman–Crippen MR) is 100 cm³/mol. The quantitative estimate of drug-likeness (QED) is 0.655. The van der Waals surface area contributed by atoms with Crippen LogP contribution >= 0.6 is 0 Å². The number of likely N-dealkylation sites (N-methyl/N-ethyl adjacent to an activating group) is 1. The Bertz CT molecular complexity index is 886. The van der Waals surface area contributed by atoms with Crippen LogP contribution < -0.4 is 10.2 Å². The van der Waals surface area contributed by atoms with Crippen molar-refractivity contribution in [1.82, 2.24) is 10.2 Å². The van der Waals surface area contributed by atoms with Crippen LogP contribution in [0.2, 0.25) is 0 Å². The summed E-state index contributed by atoms with van der Waals surface area (Å²) in [5, 5.41) is 3.91. The first-order valence-corrected chi connectivity index (χ1v) is 8.30. The van der Waals surface area contributed by atoms with E-state index in [1.807, 2.05) is 49.3 Å². The molecule has 3 rings (SSSR count). The third kappa shape index (κ3) is 3.48. The molecule has 4 amide bonds. The zero-order valence-electron chi connectivity index (χ0n) is 14.7. The second kappa shape index (κ2) is 7.45. The largest absolute Gasteiger partial charge is 0.335 e. The summed E-state index contributed by atoms with van der Waals surface area (Å²) in [4.78, 5) is 44.4. The minimum Gasteiger partial charge on any atom is -0.308 e. The molecule has 7 nitrogen and oxygen atoms in total. The molecule has 134 valence electrons. The van der Waals surface area contributed by atoms with E-state index < -0.39 is 23.8 Å². The van der Waals surface area contributed by atoms with Gasteiger partial charge in [0, 0.05) is 18.1 Å². The minimum atomic E-state index is -1.12. The maximum atomic E-state index is 12.9. The van der Waals surface area contributed by atoms with Crippen molar-refractivity contribution < 1.29 is 14.4 Å². The summed E-state index contributed by atoms with van der Waals surface area (Å²) >= 11 is 0. The standard InChI is InChI=1S/C19H20N4O3/c1-22(2)11-10-20-12-15-17(24)21-19(26)23(18(15)25)16-9-5-7-13-6-3-4-8-14(13)16/h3-9,12,15H,10-11H2,1-2H3,(H,21,24,26). The van der Waals surface area contributed by atoms with Gasteiger partial charge >= 0.3 is 6.03 Å². The highest BCUT2D eigenvalue weighted by molar-refractivity contribution is 6.33. The number of hydrogen-bond acceptors (Lipinski definition) is 5. The smallest absolute Gasteiger partial charge is 0.308 e. The van der Waals surface area contributed by atoms with Crippen LogP contribution in [0.15, 0.2) is 47.5 Å². The molecule has 1 atom stereocenters. The van der Waals surface area contributed by atoms with Gasteiger partial charge in [0.2, 0.25) is 5.91 Å². The molecule has 1 N–H and O–H groups in total. The summed E-state index contributed by atoms with van der Waals surface area (Å²) < 4.78 is 0. The van der Waals surface area contributed by atoms with E-state index in [4.69, 9.17) is 0 Å². The number of nitrogens with one attached hydrogen (secondary N) is 1. The molecule has 7 heteroatoms. The number of benzene rings is 2. The van der Waals surface area contributed by atoms with Crippen molar-refractivity contribution in [2.45, 2.75) is 0 Å². The van der Waals surface area contributed by atoms with Gasteiger partial charge in [0.15, 0.2) is 5.92 Å². The lowest BCUT2D eigenvalue weighted by molar-refractivity contribution is -0.131. The molecule has 0 aliphatic carbocycles. The van der Waals surface area contributed by atoms with Crippen LogP contribution in [0.4, 0.5) is 10.5 Å². The molecule has 1 fully saturated rings. The van der Waals surface area contributed by atoms with Crippen LogP contribution in [0.3, 0.4) is 0 Å². The number of hydrogen-bond donors (Lipinski definition) is 1. The van der Waals surface area contributed by atoms with Gasteiger partial charge in [0.1, 0.15) is 0 Å². The zero-order valence-corrected chi connectivity index (χ0v) is 14.7. The average Bonchev–Trinajstić information content (AvgIpc) is 2.60. The van der Waals surface area contributed by atoms with Crippen molar-refractivity contribution in [2.24, 2.45) is 10.9 Å². The van der Waals surface area contributed by atoms with Crippen molar-refractivity contribution in [1.29, 1.82) is 0 Å². The number of imide groups is 2. The van der Waals surface area contributed by atoms with Crippen LogP contribution in [-0.2, 0) is 9.59 Å². The summed E-state index contributed by atoms with van der Waals surface area (Å²) in [5.41, 5.74) is 0.449. The Morgan fingerprint density at radius 2 is 1.85 bits per heavy atom. The average molecular weight is 352 g/mol. The topological polar surface area (TPSA) is 82.1 Å². The molecule has 1 unspecified atom stereocenters. The number of fused-ring (bicyclic) bond motifs is 1. The molecule has 1 heterocycles. The second-order valence-electron chi connectivity index (χ2n) is 6.30. The number of rotatable bonds is 5. The lowest BCUT2D eigenvalue weighted by Crippen LogP contribution is -2.58. The lowest BCUT2D eigenvalue weighted by Gasteiger charge is -2.29. The van der Waals surface area contributed by atoms with E-state index in [2.05, 4.69) is 10.3 Å². The Hall–Kier alpha value is -3.06.